The van der Waals surface area contributed by atoms with E-state index in [0.29, 0.717) is 11.9 Å². The van der Waals surface area contributed by atoms with E-state index in [0.717, 1.165) is 17.4 Å². The number of halogens is 2. The summed E-state index contributed by atoms with van der Waals surface area (Å²) in [5.41, 5.74) is 1.53. The van der Waals surface area contributed by atoms with Crippen LogP contribution in [0.2, 0.25) is 0 Å². The maximum Gasteiger partial charge on any atom is 0.0238 e. The predicted octanol–water partition coefficient (Wildman–Crippen LogP) is 4.58. The van der Waals surface area contributed by atoms with Crippen LogP contribution in [0.1, 0.15) is 32.8 Å². The summed E-state index contributed by atoms with van der Waals surface area (Å²) in [6.45, 7) is 7.63. The fourth-order valence-corrected chi connectivity index (χ4v) is 2.50. The van der Waals surface area contributed by atoms with E-state index in [1.807, 2.05) is 6.07 Å². The highest BCUT2D eigenvalue weighted by Crippen LogP contribution is 2.23. The Hall–Kier alpha value is -0.0500. The molecule has 96 valence electrons. The van der Waals surface area contributed by atoms with E-state index < -0.39 is 0 Å². The Morgan fingerprint density at radius 1 is 1.35 bits per heavy atom. The molecule has 0 aliphatic carbocycles. The molecule has 3 heteroatoms. The normalized spacial score (nSPS) is 13.7. The zero-order valence-corrected chi connectivity index (χ0v) is 13.1. The van der Waals surface area contributed by atoms with E-state index in [4.69, 9.17) is 11.6 Å². The Kier molecular flexibility index (Phi) is 5.98. The van der Waals surface area contributed by atoms with Gasteiger partial charge in [0.05, 0.1) is 0 Å². The minimum Gasteiger partial charge on any atom is -0.309 e. The number of nitrogens with one attached hydrogen (secondary N) is 1. The number of rotatable bonds is 5. The van der Waals surface area contributed by atoms with Gasteiger partial charge in [0.25, 0.3) is 0 Å². The van der Waals surface area contributed by atoms with Gasteiger partial charge >= 0.3 is 0 Å². The Labute approximate surface area is 118 Å². The van der Waals surface area contributed by atoms with Gasteiger partial charge in [-0.3, -0.25) is 0 Å². The monoisotopic (exact) mass is 317 g/mol. The van der Waals surface area contributed by atoms with Crippen LogP contribution < -0.4 is 5.32 Å². The molecular formula is C14H21BrClN. The zero-order chi connectivity index (χ0) is 12.9. The molecule has 0 aliphatic heterocycles. The fraction of sp³-hybridized carbons (Fsp3) is 0.571. The van der Waals surface area contributed by atoms with Gasteiger partial charge in [-0.05, 0) is 29.5 Å². The summed E-state index contributed by atoms with van der Waals surface area (Å²) >= 11 is 9.35. The third-order valence-electron chi connectivity index (χ3n) is 2.88. The lowest BCUT2D eigenvalue weighted by Gasteiger charge is -2.31. The molecular weight excluding hydrogens is 298 g/mol. The maximum atomic E-state index is 5.86. The van der Waals surface area contributed by atoms with Gasteiger partial charge in [-0.2, -0.15) is 0 Å². The molecule has 0 bridgehead atoms. The Bertz CT molecular complexity index is 346. The van der Waals surface area contributed by atoms with Crippen LogP contribution in [-0.2, 0) is 6.54 Å². The van der Waals surface area contributed by atoms with Crippen molar-refractivity contribution in [3.63, 3.8) is 0 Å². The van der Waals surface area contributed by atoms with E-state index >= 15 is 0 Å². The number of benzene rings is 1. The quantitative estimate of drug-likeness (QED) is 0.783. The first-order chi connectivity index (χ1) is 7.93. The molecule has 1 aromatic carbocycles. The summed E-state index contributed by atoms with van der Waals surface area (Å²) < 4.78 is 1.13. The lowest BCUT2D eigenvalue weighted by molar-refractivity contribution is 0.260. The first-order valence-corrected chi connectivity index (χ1v) is 7.30. The van der Waals surface area contributed by atoms with Crippen LogP contribution in [0.3, 0.4) is 0 Å². The topological polar surface area (TPSA) is 12.0 Å². The van der Waals surface area contributed by atoms with E-state index in [1.165, 1.54) is 5.56 Å². The molecule has 17 heavy (non-hydrogen) atoms. The largest absolute Gasteiger partial charge is 0.309 e. The van der Waals surface area contributed by atoms with Gasteiger partial charge in [-0.1, -0.05) is 48.8 Å². The molecule has 0 spiro atoms. The second kappa shape index (κ2) is 6.77. The van der Waals surface area contributed by atoms with Crippen molar-refractivity contribution < 1.29 is 0 Å². The summed E-state index contributed by atoms with van der Waals surface area (Å²) in [5.74, 6) is 0.702. The van der Waals surface area contributed by atoms with Crippen LogP contribution in [0.25, 0.3) is 0 Å². The van der Waals surface area contributed by atoms with E-state index in [9.17, 15) is 0 Å². The molecule has 0 amide bonds. The number of hydrogen-bond acceptors (Lipinski definition) is 1. The van der Waals surface area contributed by atoms with Crippen molar-refractivity contribution in [1.29, 1.82) is 0 Å². The smallest absolute Gasteiger partial charge is 0.0238 e. The minimum absolute atomic E-state index is 0.237. The standard InChI is InChI=1S/C14H21BrClN/c1-14(2,3)13(7-8-16)17-10-11-5-4-6-12(15)9-11/h4-6,9,13,17H,7-8,10H2,1-3H3. The number of hydrogen-bond donors (Lipinski definition) is 1. The molecule has 0 aromatic heterocycles. The average Bonchev–Trinajstić information content (AvgIpc) is 2.22. The lowest BCUT2D eigenvalue weighted by Crippen LogP contribution is -2.40. The summed E-state index contributed by atoms with van der Waals surface area (Å²) in [5, 5.41) is 3.60. The van der Waals surface area contributed by atoms with Crippen molar-refractivity contribution in [1.82, 2.24) is 5.32 Å². The molecule has 0 saturated heterocycles. The average molecular weight is 319 g/mol. The lowest BCUT2D eigenvalue weighted by atomic mass is 9.85. The van der Waals surface area contributed by atoms with Gasteiger partial charge in [0.2, 0.25) is 0 Å². The molecule has 0 aliphatic rings. The second-order valence-corrected chi connectivity index (χ2v) is 6.70. The molecule has 1 nitrogen and oxygen atoms in total. The maximum absolute atomic E-state index is 5.86. The molecule has 1 aromatic rings. The van der Waals surface area contributed by atoms with Crippen molar-refractivity contribution in [3.8, 4) is 0 Å². The van der Waals surface area contributed by atoms with E-state index in [2.05, 4.69) is 60.2 Å². The van der Waals surface area contributed by atoms with Crippen LogP contribution in [-0.4, -0.2) is 11.9 Å². The SMILES string of the molecule is CC(C)(C)C(CCCl)NCc1cccc(Br)c1. The fourth-order valence-electron chi connectivity index (χ4n) is 1.84. The highest BCUT2D eigenvalue weighted by Gasteiger charge is 2.23. The Balaban J connectivity index is 2.58. The zero-order valence-electron chi connectivity index (χ0n) is 10.8. The van der Waals surface area contributed by atoms with Crippen LogP contribution in [0.15, 0.2) is 28.7 Å². The van der Waals surface area contributed by atoms with Crippen molar-refractivity contribution in [2.75, 3.05) is 5.88 Å². The molecule has 0 saturated carbocycles. The van der Waals surface area contributed by atoms with Gasteiger partial charge in [0, 0.05) is 22.9 Å². The van der Waals surface area contributed by atoms with Crippen molar-refractivity contribution in [2.45, 2.75) is 39.8 Å². The third-order valence-corrected chi connectivity index (χ3v) is 3.60. The summed E-state index contributed by atoms with van der Waals surface area (Å²) in [6.07, 6.45) is 0.999. The van der Waals surface area contributed by atoms with Gasteiger partial charge < -0.3 is 5.32 Å². The molecule has 0 radical (unpaired) electrons. The highest BCUT2D eigenvalue weighted by atomic mass is 79.9. The van der Waals surface area contributed by atoms with Gasteiger partial charge in [0.15, 0.2) is 0 Å². The number of alkyl halides is 1. The van der Waals surface area contributed by atoms with E-state index in [-0.39, 0.29) is 5.41 Å². The van der Waals surface area contributed by atoms with Crippen LogP contribution in [0.4, 0.5) is 0 Å². The molecule has 1 unspecified atom stereocenters. The van der Waals surface area contributed by atoms with Crippen LogP contribution in [0, 0.1) is 5.41 Å². The second-order valence-electron chi connectivity index (χ2n) is 5.41. The Morgan fingerprint density at radius 2 is 2.06 bits per heavy atom. The molecule has 1 atom stereocenters. The van der Waals surface area contributed by atoms with Crippen molar-refractivity contribution >= 4 is 27.5 Å². The molecule has 0 heterocycles. The van der Waals surface area contributed by atoms with Crippen molar-refractivity contribution in [3.05, 3.63) is 34.3 Å². The highest BCUT2D eigenvalue weighted by molar-refractivity contribution is 9.10. The minimum atomic E-state index is 0.237. The first kappa shape index (κ1) is 15.0. The first-order valence-electron chi connectivity index (χ1n) is 5.97. The van der Waals surface area contributed by atoms with Crippen molar-refractivity contribution in [2.24, 2.45) is 5.41 Å². The van der Waals surface area contributed by atoms with Crippen LogP contribution in [0.5, 0.6) is 0 Å². The molecule has 1 rings (SSSR count). The van der Waals surface area contributed by atoms with Gasteiger partial charge in [-0.15, -0.1) is 11.6 Å². The molecule has 0 fully saturated rings. The van der Waals surface area contributed by atoms with Crippen LogP contribution >= 0.6 is 27.5 Å². The summed E-state index contributed by atoms with van der Waals surface area (Å²) in [6, 6.07) is 8.84. The van der Waals surface area contributed by atoms with Gasteiger partial charge in [0.1, 0.15) is 0 Å². The third kappa shape index (κ3) is 5.41. The van der Waals surface area contributed by atoms with E-state index in [1.54, 1.807) is 0 Å². The molecule has 1 N–H and O–H groups in total. The Morgan fingerprint density at radius 3 is 2.59 bits per heavy atom. The predicted molar refractivity (Wildman–Crippen MR) is 79.6 cm³/mol. The summed E-state index contributed by atoms with van der Waals surface area (Å²) in [4.78, 5) is 0. The van der Waals surface area contributed by atoms with Gasteiger partial charge in [-0.25, -0.2) is 0 Å². The summed E-state index contributed by atoms with van der Waals surface area (Å²) in [7, 11) is 0.